The Kier molecular flexibility index (Phi) is 2.25. The van der Waals surface area contributed by atoms with E-state index < -0.39 is 5.83 Å². The molecule has 2 heteroatoms. The summed E-state index contributed by atoms with van der Waals surface area (Å²) < 4.78 is 12.3. The Hall–Kier alpha value is -0.790. The van der Waals surface area contributed by atoms with Crippen molar-refractivity contribution in [1.29, 1.82) is 0 Å². The average molecular weight is 115 g/mol. The molecule has 46 valence electrons. The molecule has 8 heavy (non-hydrogen) atoms. The molecule has 0 bridgehead atoms. The van der Waals surface area contributed by atoms with Gasteiger partial charge < -0.3 is 5.73 Å². The van der Waals surface area contributed by atoms with Gasteiger partial charge in [0.15, 0.2) is 0 Å². The molecule has 0 aromatic heterocycles. The van der Waals surface area contributed by atoms with Crippen molar-refractivity contribution in [1.82, 2.24) is 0 Å². The zero-order valence-corrected chi connectivity index (χ0v) is 5.16. The molecule has 0 saturated heterocycles. The SMILES string of the molecule is C=C(C)/C(F)=C(\C)N. The van der Waals surface area contributed by atoms with Gasteiger partial charge in [-0.05, 0) is 19.4 Å². The van der Waals surface area contributed by atoms with Crippen LogP contribution < -0.4 is 5.73 Å². The summed E-state index contributed by atoms with van der Waals surface area (Å²) in [7, 11) is 0. The highest BCUT2D eigenvalue weighted by Crippen LogP contribution is 2.09. The van der Waals surface area contributed by atoms with Crippen LogP contribution in [0, 0.1) is 0 Å². The zero-order valence-electron chi connectivity index (χ0n) is 5.16. The molecule has 1 nitrogen and oxygen atoms in total. The number of hydrogen-bond acceptors (Lipinski definition) is 1. The molecule has 0 heterocycles. The van der Waals surface area contributed by atoms with Crippen LogP contribution in [0.4, 0.5) is 4.39 Å². The van der Waals surface area contributed by atoms with Crippen molar-refractivity contribution in [2.45, 2.75) is 13.8 Å². The highest BCUT2D eigenvalue weighted by atomic mass is 19.1. The van der Waals surface area contributed by atoms with Crippen LogP contribution >= 0.6 is 0 Å². The Bertz CT molecular complexity index is 131. The Morgan fingerprint density at radius 2 is 1.88 bits per heavy atom. The van der Waals surface area contributed by atoms with E-state index in [9.17, 15) is 4.39 Å². The third-order valence-electron chi connectivity index (χ3n) is 0.721. The monoisotopic (exact) mass is 115 g/mol. The Morgan fingerprint density at radius 3 is 1.88 bits per heavy atom. The molecule has 0 amide bonds. The number of halogens is 1. The number of nitrogens with two attached hydrogens (primary N) is 1. The van der Waals surface area contributed by atoms with Gasteiger partial charge in [-0.1, -0.05) is 6.58 Å². The van der Waals surface area contributed by atoms with Crippen molar-refractivity contribution in [2.24, 2.45) is 5.73 Å². The molecule has 0 aliphatic rings. The Morgan fingerprint density at radius 1 is 1.50 bits per heavy atom. The fourth-order valence-electron chi connectivity index (χ4n) is 0.337. The molecule has 0 atom stereocenters. The van der Waals surface area contributed by atoms with Gasteiger partial charge in [0.2, 0.25) is 0 Å². The minimum Gasteiger partial charge on any atom is -0.400 e. The molecule has 0 aromatic carbocycles. The van der Waals surface area contributed by atoms with Crippen LogP contribution in [0.3, 0.4) is 0 Å². The first-order chi connectivity index (χ1) is 3.55. The van der Waals surface area contributed by atoms with Crippen molar-refractivity contribution in [3.05, 3.63) is 23.7 Å². The van der Waals surface area contributed by atoms with Gasteiger partial charge in [0.1, 0.15) is 5.83 Å². The molecule has 0 aromatic rings. The number of allylic oxidation sites excluding steroid dienone is 3. The van der Waals surface area contributed by atoms with Crippen molar-refractivity contribution >= 4 is 0 Å². The fraction of sp³-hybridized carbons (Fsp3) is 0.333. The Balaban J connectivity index is 4.23. The maximum Gasteiger partial charge on any atom is 0.143 e. The molecule has 0 spiro atoms. The smallest absolute Gasteiger partial charge is 0.143 e. The van der Waals surface area contributed by atoms with Gasteiger partial charge in [0.05, 0.1) is 0 Å². The fourth-order valence-corrected chi connectivity index (χ4v) is 0.337. The van der Waals surface area contributed by atoms with Crippen molar-refractivity contribution < 1.29 is 4.39 Å². The summed E-state index contributed by atoms with van der Waals surface area (Å²) in [6.07, 6.45) is 0. The highest BCUT2D eigenvalue weighted by molar-refractivity contribution is 5.22. The largest absolute Gasteiger partial charge is 0.400 e. The normalized spacial score (nSPS) is 12.9. The molecule has 2 N–H and O–H groups in total. The van der Waals surface area contributed by atoms with Gasteiger partial charge in [-0.2, -0.15) is 0 Å². The topological polar surface area (TPSA) is 26.0 Å². The summed E-state index contributed by atoms with van der Waals surface area (Å²) in [5.41, 5.74) is 5.65. The van der Waals surface area contributed by atoms with Crippen molar-refractivity contribution in [3.63, 3.8) is 0 Å². The van der Waals surface area contributed by atoms with Crippen LogP contribution in [-0.4, -0.2) is 0 Å². The van der Waals surface area contributed by atoms with Gasteiger partial charge >= 0.3 is 0 Å². The molecular weight excluding hydrogens is 105 g/mol. The molecule has 0 aliphatic heterocycles. The van der Waals surface area contributed by atoms with E-state index in [0.717, 1.165) is 0 Å². The van der Waals surface area contributed by atoms with Crippen LogP contribution in [0.25, 0.3) is 0 Å². The van der Waals surface area contributed by atoms with E-state index in [1.54, 1.807) is 6.92 Å². The third-order valence-corrected chi connectivity index (χ3v) is 0.721. The van der Waals surface area contributed by atoms with E-state index in [-0.39, 0.29) is 5.70 Å². The van der Waals surface area contributed by atoms with E-state index in [1.165, 1.54) is 6.92 Å². The second-order valence-corrected chi connectivity index (χ2v) is 1.78. The quantitative estimate of drug-likeness (QED) is 0.517. The van der Waals surface area contributed by atoms with E-state index in [0.29, 0.717) is 5.57 Å². The van der Waals surface area contributed by atoms with Crippen LogP contribution in [0.5, 0.6) is 0 Å². The summed E-state index contributed by atoms with van der Waals surface area (Å²) in [6, 6.07) is 0. The first-order valence-electron chi connectivity index (χ1n) is 2.33. The van der Waals surface area contributed by atoms with Crippen molar-refractivity contribution in [2.75, 3.05) is 0 Å². The lowest BCUT2D eigenvalue weighted by molar-refractivity contribution is 0.638. The standard InChI is InChI=1S/C6H10FN/c1-4(2)6(7)5(3)8/h1,8H2,2-3H3/b6-5-. The highest BCUT2D eigenvalue weighted by Gasteiger charge is 1.95. The molecule has 0 fully saturated rings. The minimum absolute atomic E-state index is 0.192. The Labute approximate surface area is 48.7 Å². The van der Waals surface area contributed by atoms with Gasteiger partial charge in [-0.3, -0.25) is 0 Å². The molecule has 0 aliphatic carbocycles. The van der Waals surface area contributed by atoms with Gasteiger partial charge in [0.25, 0.3) is 0 Å². The maximum atomic E-state index is 12.3. The van der Waals surface area contributed by atoms with E-state index in [4.69, 9.17) is 5.73 Å². The zero-order chi connectivity index (χ0) is 6.73. The van der Waals surface area contributed by atoms with E-state index in [1.807, 2.05) is 0 Å². The first kappa shape index (κ1) is 7.21. The lowest BCUT2D eigenvalue weighted by atomic mass is 10.3. The average Bonchev–Trinajstić information content (AvgIpc) is 1.64. The minimum atomic E-state index is -0.398. The second-order valence-electron chi connectivity index (χ2n) is 1.78. The first-order valence-corrected chi connectivity index (χ1v) is 2.33. The van der Waals surface area contributed by atoms with Crippen molar-refractivity contribution in [3.8, 4) is 0 Å². The molecule has 0 radical (unpaired) electrons. The summed E-state index contributed by atoms with van der Waals surface area (Å²) in [4.78, 5) is 0. The lowest BCUT2D eigenvalue weighted by Crippen LogP contribution is -1.94. The van der Waals surface area contributed by atoms with Gasteiger partial charge in [-0.15, -0.1) is 0 Å². The summed E-state index contributed by atoms with van der Waals surface area (Å²) in [5.74, 6) is -0.398. The summed E-state index contributed by atoms with van der Waals surface area (Å²) in [5, 5.41) is 0. The predicted octanol–water partition coefficient (Wildman–Crippen LogP) is 1.72. The maximum absolute atomic E-state index is 12.3. The summed E-state index contributed by atoms with van der Waals surface area (Å²) >= 11 is 0. The van der Waals surface area contributed by atoms with Crippen LogP contribution in [0.2, 0.25) is 0 Å². The molecule has 0 unspecified atom stereocenters. The second kappa shape index (κ2) is 2.50. The molecule has 0 saturated carbocycles. The molecule has 0 rings (SSSR count). The van der Waals surface area contributed by atoms with Gasteiger partial charge in [0, 0.05) is 5.70 Å². The van der Waals surface area contributed by atoms with Gasteiger partial charge in [-0.25, -0.2) is 4.39 Å². The van der Waals surface area contributed by atoms with Crippen LogP contribution in [0.1, 0.15) is 13.8 Å². The molecular formula is C6H10FN. The third kappa shape index (κ3) is 1.78. The number of rotatable bonds is 1. The van der Waals surface area contributed by atoms with Crippen LogP contribution in [-0.2, 0) is 0 Å². The van der Waals surface area contributed by atoms with E-state index in [2.05, 4.69) is 6.58 Å². The number of hydrogen-bond donors (Lipinski definition) is 1. The predicted molar refractivity (Wildman–Crippen MR) is 32.8 cm³/mol. The van der Waals surface area contributed by atoms with E-state index >= 15 is 0 Å². The lowest BCUT2D eigenvalue weighted by Gasteiger charge is -1.94. The summed E-state index contributed by atoms with van der Waals surface area (Å²) in [6.45, 7) is 6.44. The van der Waals surface area contributed by atoms with Crippen LogP contribution in [0.15, 0.2) is 23.7 Å².